The van der Waals surface area contributed by atoms with Crippen LogP contribution in [-0.4, -0.2) is 43.9 Å². The third-order valence-corrected chi connectivity index (χ3v) is 5.46. The van der Waals surface area contributed by atoms with E-state index in [0.29, 0.717) is 12.2 Å². The number of likely N-dealkylation sites (tertiary alicyclic amines) is 1. The molecule has 0 aliphatic carbocycles. The number of ether oxygens (including phenoxy) is 1. The fourth-order valence-electron chi connectivity index (χ4n) is 3.22. The highest BCUT2D eigenvalue weighted by atomic mass is 32.2. The van der Waals surface area contributed by atoms with Crippen LogP contribution in [-0.2, 0) is 21.1 Å². The van der Waals surface area contributed by atoms with Crippen LogP contribution in [0.1, 0.15) is 18.4 Å². The normalized spacial score (nSPS) is 23.3. The van der Waals surface area contributed by atoms with Crippen LogP contribution in [0.3, 0.4) is 0 Å². The summed E-state index contributed by atoms with van der Waals surface area (Å²) in [5.74, 6) is 0.420. The van der Waals surface area contributed by atoms with Gasteiger partial charge < -0.3 is 9.84 Å². The van der Waals surface area contributed by atoms with Crippen molar-refractivity contribution in [3.8, 4) is 0 Å². The van der Waals surface area contributed by atoms with Crippen molar-refractivity contribution in [3.05, 3.63) is 58.9 Å². The molecule has 5 nitrogen and oxygen atoms in total. The molecule has 0 amide bonds. The van der Waals surface area contributed by atoms with Crippen molar-refractivity contribution >= 4 is 9.84 Å². The first kappa shape index (κ1) is 17.2. The molecule has 0 saturated carbocycles. The van der Waals surface area contributed by atoms with Crippen LogP contribution in [0.5, 0.6) is 0 Å². The maximum absolute atomic E-state index is 11.6. The monoisotopic (exact) mass is 349 g/mol. The van der Waals surface area contributed by atoms with E-state index in [1.807, 2.05) is 18.2 Å². The fraction of sp³-hybridized carbons (Fsp3) is 0.444. The lowest BCUT2D eigenvalue weighted by Gasteiger charge is -2.24. The van der Waals surface area contributed by atoms with E-state index in [2.05, 4.69) is 17.0 Å². The van der Waals surface area contributed by atoms with Crippen LogP contribution in [0.25, 0.3) is 0 Å². The number of nitrogens with zero attached hydrogens (tertiary/aromatic N) is 1. The molecule has 1 fully saturated rings. The molecule has 6 heteroatoms. The Morgan fingerprint density at radius 2 is 2.04 bits per heavy atom. The molecule has 0 bridgehead atoms. The van der Waals surface area contributed by atoms with Crippen LogP contribution >= 0.6 is 0 Å². The van der Waals surface area contributed by atoms with Crippen molar-refractivity contribution in [1.82, 2.24) is 4.90 Å². The summed E-state index contributed by atoms with van der Waals surface area (Å²) in [5.41, 5.74) is 1.25. The summed E-state index contributed by atoms with van der Waals surface area (Å²) < 4.78 is 28.7. The summed E-state index contributed by atoms with van der Waals surface area (Å²) in [6, 6.07) is 10.2. The van der Waals surface area contributed by atoms with E-state index >= 15 is 0 Å². The molecular formula is C18H23NO4S. The van der Waals surface area contributed by atoms with Crippen molar-refractivity contribution in [3.63, 3.8) is 0 Å². The standard InChI is InChI=1S/C18H23NO4S/c1-24(21,22)17-9-5-8-16(23-17)18(20)15-10-11-19(13-15)12-14-6-3-2-4-7-14/h2-4,6-9,15,18,20H,5,10-13H2,1H3. The van der Waals surface area contributed by atoms with Crippen LogP contribution in [0, 0.1) is 5.92 Å². The molecular weight excluding hydrogens is 326 g/mol. The average molecular weight is 349 g/mol. The first-order valence-electron chi connectivity index (χ1n) is 8.16. The van der Waals surface area contributed by atoms with Gasteiger partial charge in [-0.05, 0) is 37.1 Å². The highest BCUT2D eigenvalue weighted by molar-refractivity contribution is 7.94. The Morgan fingerprint density at radius 1 is 1.29 bits per heavy atom. The minimum atomic E-state index is -3.39. The maximum atomic E-state index is 11.6. The van der Waals surface area contributed by atoms with Crippen molar-refractivity contribution in [2.75, 3.05) is 19.3 Å². The number of allylic oxidation sites excluding steroid dienone is 2. The number of benzene rings is 1. The Balaban J connectivity index is 1.59. The zero-order valence-electron chi connectivity index (χ0n) is 13.8. The Labute approximate surface area is 143 Å². The van der Waals surface area contributed by atoms with Crippen molar-refractivity contribution in [1.29, 1.82) is 0 Å². The minimum absolute atomic E-state index is 0.0545. The molecule has 24 heavy (non-hydrogen) atoms. The lowest BCUT2D eigenvalue weighted by molar-refractivity contribution is 0.0877. The summed E-state index contributed by atoms with van der Waals surface area (Å²) in [6.07, 6.45) is 4.98. The number of sulfone groups is 1. The summed E-state index contributed by atoms with van der Waals surface area (Å²) >= 11 is 0. The van der Waals surface area contributed by atoms with Gasteiger partial charge in [0.05, 0.1) is 0 Å². The van der Waals surface area contributed by atoms with Crippen LogP contribution in [0.4, 0.5) is 0 Å². The largest absolute Gasteiger partial charge is 0.448 e. The predicted molar refractivity (Wildman–Crippen MR) is 92.5 cm³/mol. The third-order valence-electron chi connectivity index (χ3n) is 4.48. The molecule has 1 N–H and O–H groups in total. The predicted octanol–water partition coefficient (Wildman–Crippen LogP) is 2.06. The SMILES string of the molecule is CS(=O)(=O)C1=CCC=C(C(O)C2CCN(Cc3ccccc3)C2)O1. The Kier molecular flexibility index (Phi) is 5.08. The summed E-state index contributed by atoms with van der Waals surface area (Å²) in [6.45, 7) is 2.55. The molecule has 2 aliphatic heterocycles. The van der Waals surface area contributed by atoms with Crippen molar-refractivity contribution in [2.24, 2.45) is 5.92 Å². The molecule has 0 aromatic heterocycles. The van der Waals surface area contributed by atoms with Gasteiger partial charge >= 0.3 is 0 Å². The highest BCUT2D eigenvalue weighted by Crippen LogP contribution is 2.29. The van der Waals surface area contributed by atoms with Gasteiger partial charge in [-0.1, -0.05) is 30.3 Å². The van der Waals surface area contributed by atoms with E-state index in [1.54, 1.807) is 6.08 Å². The van der Waals surface area contributed by atoms with E-state index in [4.69, 9.17) is 4.74 Å². The second-order valence-electron chi connectivity index (χ2n) is 6.45. The van der Waals surface area contributed by atoms with Gasteiger partial charge in [0.15, 0.2) is 0 Å². The van der Waals surface area contributed by atoms with E-state index in [0.717, 1.165) is 32.3 Å². The molecule has 130 valence electrons. The van der Waals surface area contributed by atoms with Gasteiger partial charge in [-0.25, -0.2) is 8.42 Å². The molecule has 0 spiro atoms. The fourth-order valence-corrected chi connectivity index (χ4v) is 3.86. The summed E-state index contributed by atoms with van der Waals surface area (Å²) in [7, 11) is -3.39. The van der Waals surface area contributed by atoms with Gasteiger partial charge in [-0.2, -0.15) is 0 Å². The van der Waals surface area contributed by atoms with Crippen LogP contribution in [0.2, 0.25) is 0 Å². The molecule has 1 saturated heterocycles. The second-order valence-corrected chi connectivity index (χ2v) is 8.40. The van der Waals surface area contributed by atoms with Gasteiger partial charge in [-0.15, -0.1) is 0 Å². The van der Waals surface area contributed by atoms with Gasteiger partial charge in [0.2, 0.25) is 14.9 Å². The lowest BCUT2D eigenvalue weighted by Crippen LogP contribution is -2.29. The number of hydrogen-bond donors (Lipinski definition) is 1. The third kappa shape index (κ3) is 4.06. The molecule has 2 unspecified atom stereocenters. The topological polar surface area (TPSA) is 66.8 Å². The smallest absolute Gasteiger partial charge is 0.214 e. The number of aliphatic hydroxyl groups is 1. The van der Waals surface area contributed by atoms with Crippen molar-refractivity contribution < 1.29 is 18.3 Å². The van der Waals surface area contributed by atoms with E-state index in [1.165, 1.54) is 11.6 Å². The maximum Gasteiger partial charge on any atom is 0.214 e. The molecule has 2 aliphatic rings. The molecule has 2 heterocycles. The Hall–Kier alpha value is -1.63. The van der Waals surface area contributed by atoms with E-state index < -0.39 is 15.9 Å². The molecule has 3 rings (SSSR count). The molecule has 1 aromatic carbocycles. The average Bonchev–Trinajstić information content (AvgIpc) is 3.03. The van der Waals surface area contributed by atoms with E-state index in [-0.39, 0.29) is 11.0 Å². The van der Waals surface area contributed by atoms with Gasteiger partial charge in [0, 0.05) is 25.3 Å². The molecule has 1 aromatic rings. The number of aliphatic hydroxyl groups excluding tert-OH is 1. The minimum Gasteiger partial charge on any atom is -0.448 e. The molecule has 0 radical (unpaired) electrons. The van der Waals surface area contributed by atoms with Gasteiger partial charge in [-0.3, -0.25) is 4.90 Å². The van der Waals surface area contributed by atoms with Crippen LogP contribution < -0.4 is 0 Å². The second kappa shape index (κ2) is 7.09. The molecule has 2 atom stereocenters. The summed E-state index contributed by atoms with van der Waals surface area (Å²) in [4.78, 5) is 2.31. The zero-order valence-corrected chi connectivity index (χ0v) is 14.6. The van der Waals surface area contributed by atoms with Gasteiger partial charge in [0.25, 0.3) is 0 Å². The highest BCUT2D eigenvalue weighted by Gasteiger charge is 2.33. The summed E-state index contributed by atoms with van der Waals surface area (Å²) in [5, 5.41) is 10.5. The zero-order chi connectivity index (χ0) is 17.2. The van der Waals surface area contributed by atoms with E-state index in [9.17, 15) is 13.5 Å². The lowest BCUT2D eigenvalue weighted by atomic mass is 9.99. The Morgan fingerprint density at radius 3 is 2.75 bits per heavy atom. The number of rotatable bonds is 5. The number of hydrogen-bond acceptors (Lipinski definition) is 5. The first-order chi connectivity index (χ1) is 11.4. The Bertz CT molecular complexity index is 740. The van der Waals surface area contributed by atoms with Crippen molar-refractivity contribution in [2.45, 2.75) is 25.5 Å². The van der Waals surface area contributed by atoms with Crippen LogP contribution in [0.15, 0.2) is 53.3 Å². The quantitative estimate of drug-likeness (QED) is 0.881. The first-order valence-corrected chi connectivity index (χ1v) is 10.0. The van der Waals surface area contributed by atoms with Gasteiger partial charge in [0.1, 0.15) is 11.9 Å².